The van der Waals surface area contributed by atoms with Gasteiger partial charge in [-0.1, -0.05) is 6.42 Å². The number of carbonyl (C=O) groups excluding carboxylic acids is 2. The van der Waals surface area contributed by atoms with Gasteiger partial charge in [0.05, 0.1) is 18.4 Å². The van der Waals surface area contributed by atoms with Crippen LogP contribution in [0.1, 0.15) is 35.3 Å². The Morgan fingerprint density at radius 2 is 2.00 bits per heavy atom. The third kappa shape index (κ3) is 4.18. The Morgan fingerprint density at radius 3 is 2.59 bits per heavy atom. The molecule has 1 saturated carbocycles. The van der Waals surface area contributed by atoms with E-state index < -0.39 is 11.9 Å². The normalized spacial score (nSPS) is 14.7. The lowest BCUT2D eigenvalue weighted by Gasteiger charge is -2.41. The molecule has 142 valence electrons. The van der Waals surface area contributed by atoms with Gasteiger partial charge in [0, 0.05) is 30.6 Å². The summed E-state index contributed by atoms with van der Waals surface area (Å²) in [4.78, 5) is 35.4. The first-order valence-corrected chi connectivity index (χ1v) is 8.56. The maximum atomic E-state index is 14.1. The molecule has 2 heterocycles. The molecular weight excluding hydrogens is 353 g/mol. The Bertz CT molecular complexity index is 824. The van der Waals surface area contributed by atoms with E-state index in [0.717, 1.165) is 19.3 Å². The molecular formula is C18H20FN5O3. The third-order valence-corrected chi connectivity index (χ3v) is 4.69. The summed E-state index contributed by atoms with van der Waals surface area (Å²) in [6, 6.07) is 2.99. The number of anilines is 1. The molecule has 1 aliphatic rings. The summed E-state index contributed by atoms with van der Waals surface area (Å²) in [7, 11) is 1.24. The smallest absolute Gasteiger partial charge is 0.325 e. The maximum Gasteiger partial charge on any atom is 0.325 e. The number of nitrogens with zero attached hydrogens (tertiary/aromatic N) is 3. The van der Waals surface area contributed by atoms with Gasteiger partial charge >= 0.3 is 5.97 Å². The van der Waals surface area contributed by atoms with Crippen LogP contribution in [-0.2, 0) is 14.9 Å². The molecule has 0 atom stereocenters. The second kappa shape index (κ2) is 8.07. The van der Waals surface area contributed by atoms with Crippen LogP contribution in [0.5, 0.6) is 0 Å². The minimum atomic E-state index is -0.546. The molecule has 2 aromatic rings. The lowest BCUT2D eigenvalue weighted by atomic mass is 9.66. The average molecular weight is 373 g/mol. The van der Waals surface area contributed by atoms with Gasteiger partial charge in [-0.05, 0) is 25.0 Å². The molecule has 0 aromatic carbocycles. The largest absolute Gasteiger partial charge is 0.468 e. The minimum absolute atomic E-state index is 0.221. The van der Waals surface area contributed by atoms with Crippen molar-refractivity contribution >= 4 is 17.8 Å². The number of pyridine rings is 1. The summed E-state index contributed by atoms with van der Waals surface area (Å²) >= 11 is 0. The predicted molar refractivity (Wildman–Crippen MR) is 94.6 cm³/mol. The monoisotopic (exact) mass is 373 g/mol. The van der Waals surface area contributed by atoms with E-state index in [1.54, 1.807) is 12.3 Å². The van der Waals surface area contributed by atoms with Crippen LogP contribution in [0, 0.1) is 5.82 Å². The van der Waals surface area contributed by atoms with Crippen LogP contribution in [0.25, 0.3) is 0 Å². The molecule has 1 amide bonds. The van der Waals surface area contributed by atoms with E-state index in [0.29, 0.717) is 18.2 Å². The highest BCUT2D eigenvalue weighted by molar-refractivity contribution is 5.95. The zero-order valence-corrected chi connectivity index (χ0v) is 14.9. The van der Waals surface area contributed by atoms with Gasteiger partial charge < -0.3 is 15.4 Å². The first-order valence-electron chi connectivity index (χ1n) is 8.56. The molecule has 3 rings (SSSR count). The summed E-state index contributed by atoms with van der Waals surface area (Å²) in [6.07, 6.45) is 6.99. The van der Waals surface area contributed by atoms with Crippen LogP contribution >= 0.6 is 0 Å². The first kappa shape index (κ1) is 18.7. The van der Waals surface area contributed by atoms with Gasteiger partial charge in [-0.25, -0.2) is 14.4 Å². The van der Waals surface area contributed by atoms with Crippen LogP contribution in [0.3, 0.4) is 0 Å². The molecule has 8 nitrogen and oxygen atoms in total. The van der Waals surface area contributed by atoms with Crippen molar-refractivity contribution in [1.29, 1.82) is 0 Å². The lowest BCUT2D eigenvalue weighted by Crippen LogP contribution is -2.42. The molecule has 0 saturated heterocycles. The number of aromatic nitrogens is 3. The molecule has 1 fully saturated rings. The zero-order chi connectivity index (χ0) is 19.3. The fourth-order valence-electron chi connectivity index (χ4n) is 2.99. The predicted octanol–water partition coefficient (Wildman–Crippen LogP) is 1.45. The summed E-state index contributed by atoms with van der Waals surface area (Å²) in [6.45, 7) is 0.225. The van der Waals surface area contributed by atoms with Gasteiger partial charge in [0.15, 0.2) is 0 Å². The fraction of sp³-hybridized carbons (Fsp3) is 0.389. The van der Waals surface area contributed by atoms with Crippen LogP contribution in [0.2, 0.25) is 0 Å². The standard InChI is InChI=1S/C18H20FN5O3/c1-27-14(25)10-21-16(26)12-8-22-17(23-9-12)24-11-18(5-3-6-18)15-13(19)4-2-7-20-15/h2,4,7-9H,3,5-6,10-11H2,1H3,(H,21,26)(H,22,23,24). The molecule has 0 unspecified atom stereocenters. The van der Waals surface area contributed by atoms with Crippen molar-refractivity contribution in [3.05, 3.63) is 47.8 Å². The van der Waals surface area contributed by atoms with E-state index >= 15 is 0 Å². The molecule has 2 N–H and O–H groups in total. The van der Waals surface area contributed by atoms with Crippen LogP contribution in [0.4, 0.5) is 10.3 Å². The average Bonchev–Trinajstić information content (AvgIpc) is 2.66. The van der Waals surface area contributed by atoms with E-state index in [-0.39, 0.29) is 23.3 Å². The van der Waals surface area contributed by atoms with Crippen LogP contribution in [-0.4, -0.2) is 47.0 Å². The van der Waals surface area contributed by atoms with Crippen molar-refractivity contribution in [3.8, 4) is 0 Å². The Hall–Kier alpha value is -3.10. The lowest BCUT2D eigenvalue weighted by molar-refractivity contribution is -0.139. The molecule has 0 spiro atoms. The number of halogens is 1. The van der Waals surface area contributed by atoms with Crippen molar-refractivity contribution in [3.63, 3.8) is 0 Å². The highest BCUT2D eigenvalue weighted by Crippen LogP contribution is 2.43. The van der Waals surface area contributed by atoms with Gasteiger partial charge in [-0.15, -0.1) is 0 Å². The number of hydrogen-bond acceptors (Lipinski definition) is 7. The minimum Gasteiger partial charge on any atom is -0.468 e. The van der Waals surface area contributed by atoms with E-state index in [1.807, 2.05) is 0 Å². The number of esters is 1. The van der Waals surface area contributed by atoms with E-state index in [9.17, 15) is 14.0 Å². The Balaban J connectivity index is 1.61. The van der Waals surface area contributed by atoms with Gasteiger partial charge in [0.25, 0.3) is 5.91 Å². The summed E-state index contributed by atoms with van der Waals surface area (Å²) in [5.41, 5.74) is 0.312. The number of rotatable bonds is 7. The second-order valence-corrected chi connectivity index (χ2v) is 6.38. The summed E-state index contributed by atoms with van der Waals surface area (Å²) in [5, 5.41) is 5.51. The Morgan fingerprint density at radius 1 is 1.26 bits per heavy atom. The van der Waals surface area contributed by atoms with Crippen molar-refractivity contribution in [2.45, 2.75) is 24.7 Å². The number of methoxy groups -OCH3 is 1. The number of amides is 1. The molecule has 2 aromatic heterocycles. The zero-order valence-electron chi connectivity index (χ0n) is 14.9. The summed E-state index contributed by atoms with van der Waals surface area (Å²) < 4.78 is 18.6. The molecule has 0 bridgehead atoms. The summed E-state index contributed by atoms with van der Waals surface area (Å²) in [5.74, 6) is -0.993. The van der Waals surface area contributed by atoms with E-state index in [4.69, 9.17) is 0 Å². The van der Waals surface area contributed by atoms with Gasteiger partial charge in [-0.2, -0.15) is 0 Å². The number of nitrogens with one attached hydrogen (secondary N) is 2. The highest BCUT2D eigenvalue weighted by atomic mass is 19.1. The number of hydrogen-bond donors (Lipinski definition) is 2. The number of ether oxygens (including phenoxy) is 1. The van der Waals surface area contributed by atoms with E-state index in [2.05, 4.69) is 30.3 Å². The molecule has 9 heteroatoms. The van der Waals surface area contributed by atoms with Crippen LogP contribution in [0.15, 0.2) is 30.7 Å². The van der Waals surface area contributed by atoms with Crippen molar-refractivity contribution in [2.24, 2.45) is 0 Å². The van der Waals surface area contributed by atoms with Crippen molar-refractivity contribution in [1.82, 2.24) is 20.3 Å². The molecule has 1 aliphatic carbocycles. The highest BCUT2D eigenvalue weighted by Gasteiger charge is 2.41. The van der Waals surface area contributed by atoms with Gasteiger partial charge in [0.1, 0.15) is 12.4 Å². The Labute approximate surface area is 155 Å². The molecule has 0 aliphatic heterocycles. The topological polar surface area (TPSA) is 106 Å². The second-order valence-electron chi connectivity index (χ2n) is 6.38. The van der Waals surface area contributed by atoms with Gasteiger partial charge in [0.2, 0.25) is 5.95 Å². The van der Waals surface area contributed by atoms with Crippen molar-refractivity contribution < 1.29 is 18.7 Å². The molecule has 0 radical (unpaired) electrons. The van der Waals surface area contributed by atoms with Gasteiger partial charge in [-0.3, -0.25) is 14.6 Å². The quantitative estimate of drug-likeness (QED) is 0.708. The molecule has 27 heavy (non-hydrogen) atoms. The first-order chi connectivity index (χ1) is 13.0. The fourth-order valence-corrected chi connectivity index (χ4v) is 2.99. The Kier molecular flexibility index (Phi) is 5.58. The third-order valence-electron chi connectivity index (χ3n) is 4.69. The van der Waals surface area contributed by atoms with E-state index in [1.165, 1.54) is 25.6 Å². The van der Waals surface area contributed by atoms with Crippen molar-refractivity contribution in [2.75, 3.05) is 25.5 Å². The number of carbonyl (C=O) groups is 2. The maximum absolute atomic E-state index is 14.1. The SMILES string of the molecule is COC(=O)CNC(=O)c1cnc(NCC2(c3ncccc3F)CCC2)nc1. The van der Waals surface area contributed by atoms with Crippen LogP contribution < -0.4 is 10.6 Å².